The molecule has 176 valence electrons. The largest absolute Gasteiger partial charge is 0.573 e. The summed E-state index contributed by atoms with van der Waals surface area (Å²) in [6.45, 7) is -1.24. The molecule has 1 aromatic carbocycles. The number of hydrogen-bond acceptors (Lipinski definition) is 9. The molecule has 0 saturated carbocycles. The Morgan fingerprint density at radius 2 is 1.81 bits per heavy atom. The maximum atomic E-state index is 13.4. The van der Waals surface area contributed by atoms with Crippen LogP contribution in [0.5, 0.6) is 11.5 Å². The molecular formula is C16H11F6NO9. The van der Waals surface area contributed by atoms with Gasteiger partial charge in [0.2, 0.25) is 12.9 Å². The number of alkyl halides is 6. The summed E-state index contributed by atoms with van der Waals surface area (Å²) >= 11 is 0. The van der Waals surface area contributed by atoms with Crippen LogP contribution in [0.2, 0.25) is 0 Å². The van der Waals surface area contributed by atoms with Gasteiger partial charge in [0, 0.05) is 5.56 Å². The number of esters is 2. The molecule has 0 aliphatic carbocycles. The quantitative estimate of drug-likeness (QED) is 0.193. The van der Waals surface area contributed by atoms with Gasteiger partial charge >= 0.3 is 24.5 Å². The van der Waals surface area contributed by atoms with E-state index in [2.05, 4.69) is 19.0 Å². The van der Waals surface area contributed by atoms with E-state index in [1.54, 1.807) is 0 Å². The highest BCUT2D eigenvalue weighted by atomic mass is 19.4. The molecule has 1 aliphatic heterocycles. The SMILES string of the molecule is Cc1cc(OC(F)(F)F)cc2c1OC(C(F)(F)F)C(C(=O)OCOC(=O)CO[N+](=O)[O-])=C2. The van der Waals surface area contributed by atoms with E-state index >= 15 is 0 Å². The molecule has 1 unspecified atom stereocenters. The summed E-state index contributed by atoms with van der Waals surface area (Å²) in [5, 5.41) is 8.62. The standard InChI is InChI=1S/C16H11F6NO9/c1-7-2-9(32-16(20,21)22)3-8-4-10(13(15(17,18)19)31-12(7)8)14(25)29-6-28-11(24)5-30-23(26)27/h2-4,13H,5-6H2,1H3. The van der Waals surface area contributed by atoms with Crippen molar-refractivity contribution in [1.82, 2.24) is 0 Å². The molecule has 0 spiro atoms. The molecule has 10 nitrogen and oxygen atoms in total. The summed E-state index contributed by atoms with van der Waals surface area (Å²) in [7, 11) is 0. The van der Waals surface area contributed by atoms with E-state index in [0.717, 1.165) is 6.07 Å². The second-order valence-corrected chi connectivity index (χ2v) is 5.91. The Kier molecular flexibility index (Phi) is 7.05. The molecule has 0 N–H and O–H groups in total. The van der Waals surface area contributed by atoms with Crippen molar-refractivity contribution >= 4 is 18.0 Å². The number of nitrogens with zero attached hydrogens (tertiary/aromatic N) is 1. The molecular weight excluding hydrogens is 464 g/mol. The zero-order chi connectivity index (χ0) is 24.3. The van der Waals surface area contributed by atoms with Gasteiger partial charge in [-0.1, -0.05) is 0 Å². The van der Waals surface area contributed by atoms with Crippen LogP contribution in [0.4, 0.5) is 26.3 Å². The Hall–Kier alpha value is -3.72. The highest BCUT2D eigenvalue weighted by Gasteiger charge is 2.49. The minimum atomic E-state index is -5.13. The molecule has 32 heavy (non-hydrogen) atoms. The second-order valence-electron chi connectivity index (χ2n) is 5.91. The van der Waals surface area contributed by atoms with E-state index in [-0.39, 0.29) is 11.1 Å². The maximum absolute atomic E-state index is 13.4. The summed E-state index contributed by atoms with van der Waals surface area (Å²) in [6, 6.07) is 1.49. The van der Waals surface area contributed by atoms with Gasteiger partial charge in [-0.25, -0.2) is 9.59 Å². The fraction of sp³-hybridized carbons (Fsp3) is 0.375. The Balaban J connectivity index is 2.25. The molecule has 0 aromatic heterocycles. The number of aryl methyl sites for hydroxylation is 1. The highest BCUT2D eigenvalue weighted by Crippen LogP contribution is 2.41. The van der Waals surface area contributed by atoms with E-state index in [4.69, 9.17) is 4.74 Å². The van der Waals surface area contributed by atoms with Crippen LogP contribution in [0.15, 0.2) is 17.7 Å². The molecule has 1 heterocycles. The normalized spacial score (nSPS) is 15.6. The zero-order valence-corrected chi connectivity index (χ0v) is 15.6. The number of benzene rings is 1. The molecule has 0 radical (unpaired) electrons. The molecule has 1 aliphatic rings. The van der Waals surface area contributed by atoms with Gasteiger partial charge in [-0.05, 0) is 30.7 Å². The van der Waals surface area contributed by atoms with Crippen LogP contribution in [0.1, 0.15) is 11.1 Å². The van der Waals surface area contributed by atoms with E-state index < -0.39 is 66.1 Å². The summed E-state index contributed by atoms with van der Waals surface area (Å²) in [6.07, 6.45) is -12.5. The van der Waals surface area contributed by atoms with Crippen molar-refractivity contribution in [3.05, 3.63) is 38.9 Å². The fourth-order valence-electron chi connectivity index (χ4n) is 2.44. The van der Waals surface area contributed by atoms with Crippen molar-refractivity contribution in [2.75, 3.05) is 13.4 Å². The van der Waals surface area contributed by atoms with E-state index in [1.807, 2.05) is 0 Å². The van der Waals surface area contributed by atoms with Gasteiger partial charge in [0.25, 0.3) is 5.09 Å². The molecule has 0 amide bonds. The van der Waals surface area contributed by atoms with E-state index in [1.165, 1.54) is 6.92 Å². The lowest BCUT2D eigenvalue weighted by Gasteiger charge is -2.29. The number of carbonyl (C=O) groups is 2. The zero-order valence-electron chi connectivity index (χ0n) is 15.6. The number of halogens is 6. The Morgan fingerprint density at radius 3 is 2.38 bits per heavy atom. The van der Waals surface area contributed by atoms with Crippen LogP contribution < -0.4 is 9.47 Å². The third kappa shape index (κ3) is 6.64. The molecule has 1 aromatic rings. The smallest absolute Gasteiger partial charge is 0.475 e. The number of carbonyl (C=O) groups excluding carboxylic acids is 2. The van der Waals surface area contributed by atoms with E-state index in [9.17, 15) is 46.0 Å². The Morgan fingerprint density at radius 1 is 1.16 bits per heavy atom. The van der Waals surface area contributed by atoms with Crippen molar-refractivity contribution in [3.63, 3.8) is 0 Å². The molecule has 16 heteroatoms. The monoisotopic (exact) mass is 475 g/mol. The van der Waals surface area contributed by atoms with Crippen molar-refractivity contribution < 1.29 is 64.8 Å². The maximum Gasteiger partial charge on any atom is 0.573 e. The van der Waals surface area contributed by atoms with Gasteiger partial charge in [0.1, 0.15) is 11.5 Å². The topological polar surface area (TPSA) is 123 Å². The predicted octanol–water partition coefficient (Wildman–Crippen LogP) is 2.85. The third-order valence-corrected chi connectivity index (χ3v) is 3.57. The molecule has 0 fully saturated rings. The molecule has 1 atom stereocenters. The van der Waals surface area contributed by atoms with Crippen molar-refractivity contribution in [1.29, 1.82) is 0 Å². The minimum Gasteiger partial charge on any atom is -0.475 e. The van der Waals surface area contributed by atoms with E-state index in [0.29, 0.717) is 12.1 Å². The Labute approximate surface area is 173 Å². The first-order valence-electron chi connectivity index (χ1n) is 8.13. The number of ether oxygens (including phenoxy) is 4. The van der Waals surface area contributed by atoms with Crippen LogP contribution in [0.25, 0.3) is 6.08 Å². The first kappa shape index (κ1) is 24.5. The summed E-state index contributed by atoms with van der Waals surface area (Å²) in [5.41, 5.74) is -1.64. The number of rotatable bonds is 7. The average Bonchev–Trinajstić information content (AvgIpc) is 2.63. The van der Waals surface area contributed by atoms with Crippen LogP contribution in [0.3, 0.4) is 0 Å². The summed E-state index contributed by atoms with van der Waals surface area (Å²) in [5.74, 6) is -4.26. The summed E-state index contributed by atoms with van der Waals surface area (Å²) < 4.78 is 94.7. The second kappa shape index (κ2) is 9.19. The van der Waals surface area contributed by atoms with Gasteiger partial charge in [0.05, 0.1) is 5.57 Å². The van der Waals surface area contributed by atoms with Crippen LogP contribution in [-0.2, 0) is 23.9 Å². The lowest BCUT2D eigenvalue weighted by molar-refractivity contribution is -0.754. The predicted molar refractivity (Wildman–Crippen MR) is 86.3 cm³/mol. The van der Waals surface area contributed by atoms with Crippen molar-refractivity contribution in [3.8, 4) is 11.5 Å². The van der Waals surface area contributed by atoms with Crippen molar-refractivity contribution in [2.24, 2.45) is 0 Å². The Bertz CT molecular complexity index is 941. The average molecular weight is 475 g/mol. The minimum absolute atomic E-state index is 0.139. The lowest BCUT2D eigenvalue weighted by atomic mass is 9.99. The number of fused-ring (bicyclic) bond motifs is 1. The molecule has 2 rings (SSSR count). The van der Waals surface area contributed by atoms with Gasteiger partial charge < -0.3 is 23.8 Å². The molecule has 0 bridgehead atoms. The van der Waals surface area contributed by atoms with Crippen LogP contribution in [0, 0.1) is 17.0 Å². The first-order valence-corrected chi connectivity index (χ1v) is 8.13. The van der Waals surface area contributed by atoms with Gasteiger partial charge in [0.15, 0.2) is 6.61 Å². The first-order chi connectivity index (χ1) is 14.7. The third-order valence-electron chi connectivity index (χ3n) is 3.57. The molecule has 0 saturated heterocycles. The van der Waals surface area contributed by atoms with Crippen LogP contribution >= 0.6 is 0 Å². The fourth-order valence-corrected chi connectivity index (χ4v) is 2.44. The van der Waals surface area contributed by atoms with Crippen LogP contribution in [-0.4, -0.2) is 49.1 Å². The highest BCUT2D eigenvalue weighted by molar-refractivity contribution is 5.96. The summed E-state index contributed by atoms with van der Waals surface area (Å²) in [4.78, 5) is 36.8. The van der Waals surface area contributed by atoms with Crippen molar-refractivity contribution in [2.45, 2.75) is 25.6 Å². The number of hydrogen-bond donors (Lipinski definition) is 0. The van der Waals surface area contributed by atoms with Gasteiger partial charge in [-0.3, -0.25) is 0 Å². The van der Waals surface area contributed by atoms with Gasteiger partial charge in [-0.15, -0.1) is 23.3 Å². The lowest BCUT2D eigenvalue weighted by Crippen LogP contribution is -2.41. The van der Waals surface area contributed by atoms with Gasteiger partial charge in [-0.2, -0.15) is 13.2 Å².